The van der Waals surface area contributed by atoms with Gasteiger partial charge in [-0.1, -0.05) is 12.1 Å². The van der Waals surface area contributed by atoms with E-state index in [4.69, 9.17) is 0 Å². The molecular weight excluding hydrogens is 119 g/mol. The van der Waals surface area contributed by atoms with E-state index in [1.807, 2.05) is 0 Å². The van der Waals surface area contributed by atoms with Gasteiger partial charge in [-0.15, -0.1) is 0 Å². The maximum Gasteiger partial charge on any atom is 0.373 e. The molecule has 0 amide bonds. The van der Waals surface area contributed by atoms with E-state index in [9.17, 15) is 10.1 Å². The Morgan fingerprint density at radius 2 is 2.33 bits per heavy atom. The van der Waals surface area contributed by atoms with Crippen LogP contribution in [0, 0.1) is 10.1 Å². The molecule has 1 radical (unpaired) electrons. The van der Waals surface area contributed by atoms with Crippen LogP contribution in [0.4, 0.5) is 0 Å². The molecule has 0 aromatic heterocycles. The maximum atomic E-state index is 9.97. The summed E-state index contributed by atoms with van der Waals surface area (Å²) >= 11 is 0. The number of hydrazine groups is 1. The van der Waals surface area contributed by atoms with Gasteiger partial charge in [-0.2, -0.15) is 4.92 Å². The van der Waals surface area contributed by atoms with Gasteiger partial charge in [0, 0.05) is 0 Å². The number of nitrogens with zero attached hydrogens (tertiary/aromatic N) is 2. The van der Waals surface area contributed by atoms with Crippen molar-refractivity contribution in [1.29, 1.82) is 0 Å². The Kier molecular flexibility index (Phi) is 1.53. The third kappa shape index (κ3) is 1.32. The molecule has 0 aromatic rings. The van der Waals surface area contributed by atoms with Crippen LogP contribution in [0.1, 0.15) is 0 Å². The zero-order valence-electron chi connectivity index (χ0n) is 4.60. The Labute approximate surface area is 52.8 Å². The smallest absolute Gasteiger partial charge is 0.235 e. The SMILES string of the molecule is O=[N+]([O-])N1[B]C=CC=C1. The number of hydrogen-bond donors (Lipinski definition) is 0. The molecule has 0 aromatic carbocycles. The second kappa shape index (κ2) is 2.34. The highest BCUT2D eigenvalue weighted by atomic mass is 16.7. The molecule has 5 heteroatoms. The minimum Gasteiger partial charge on any atom is -0.235 e. The minimum atomic E-state index is -0.500. The van der Waals surface area contributed by atoms with Gasteiger partial charge in [0.05, 0.1) is 6.20 Å². The predicted octanol–water partition coefficient (Wildman–Crippen LogP) is 0.140. The second-order valence-corrected chi connectivity index (χ2v) is 1.49. The quantitative estimate of drug-likeness (QED) is 0.283. The average molecular weight is 123 g/mol. The van der Waals surface area contributed by atoms with Gasteiger partial charge in [0.15, 0.2) is 0 Å². The van der Waals surface area contributed by atoms with Gasteiger partial charge in [-0.25, -0.2) is 10.1 Å². The lowest BCUT2D eigenvalue weighted by atomic mass is 9.91. The van der Waals surface area contributed by atoms with Crippen LogP contribution in [0.25, 0.3) is 0 Å². The molecule has 4 nitrogen and oxygen atoms in total. The van der Waals surface area contributed by atoms with Crippen LogP contribution < -0.4 is 0 Å². The monoisotopic (exact) mass is 123 g/mol. The molecule has 0 saturated heterocycles. The van der Waals surface area contributed by atoms with Crippen molar-refractivity contribution in [2.45, 2.75) is 0 Å². The van der Waals surface area contributed by atoms with Gasteiger partial charge in [0.2, 0.25) is 0 Å². The standard InChI is InChI=1S/C4H4BN2O2/c8-7(9)6-4-2-1-3-5-6/h1-4H. The summed E-state index contributed by atoms with van der Waals surface area (Å²) in [6.45, 7) is 0. The van der Waals surface area contributed by atoms with Crippen LogP contribution in [0.5, 0.6) is 0 Å². The summed E-state index contributed by atoms with van der Waals surface area (Å²) < 4.78 is 0. The first-order chi connectivity index (χ1) is 4.30. The van der Waals surface area contributed by atoms with Crippen molar-refractivity contribution in [3.63, 3.8) is 0 Å². The van der Waals surface area contributed by atoms with E-state index >= 15 is 0 Å². The average Bonchev–Trinajstić information content (AvgIpc) is 1.90. The first-order valence-electron chi connectivity index (χ1n) is 2.41. The lowest BCUT2D eigenvalue weighted by Gasteiger charge is -2.06. The van der Waals surface area contributed by atoms with Crippen LogP contribution in [0.3, 0.4) is 0 Å². The zero-order valence-corrected chi connectivity index (χ0v) is 4.60. The van der Waals surface area contributed by atoms with E-state index in [-0.39, 0.29) is 0 Å². The molecule has 0 saturated carbocycles. The summed E-state index contributed by atoms with van der Waals surface area (Å²) in [5.41, 5.74) is 0. The van der Waals surface area contributed by atoms with Crippen LogP contribution in [0.2, 0.25) is 0 Å². The Morgan fingerprint density at radius 3 is 2.67 bits per heavy atom. The highest BCUT2D eigenvalue weighted by Crippen LogP contribution is 1.94. The van der Waals surface area contributed by atoms with Crippen molar-refractivity contribution < 1.29 is 5.03 Å². The first kappa shape index (κ1) is 5.87. The van der Waals surface area contributed by atoms with Crippen molar-refractivity contribution in [3.05, 3.63) is 34.4 Å². The molecule has 45 valence electrons. The van der Waals surface area contributed by atoms with Gasteiger partial charge in [0.1, 0.15) is 5.03 Å². The van der Waals surface area contributed by atoms with Gasteiger partial charge in [-0.05, 0) is 6.08 Å². The van der Waals surface area contributed by atoms with Gasteiger partial charge in [-0.3, -0.25) is 0 Å². The highest BCUT2D eigenvalue weighted by molar-refractivity contribution is 6.38. The fraction of sp³-hybridized carbons (Fsp3) is 0. The fourth-order valence-corrected chi connectivity index (χ4v) is 0.498. The van der Waals surface area contributed by atoms with E-state index in [0.29, 0.717) is 0 Å². The summed E-state index contributed by atoms with van der Waals surface area (Å²) in [6.07, 6.45) is 4.70. The number of nitro groups is 1. The Morgan fingerprint density at radius 1 is 1.56 bits per heavy atom. The molecule has 1 aliphatic heterocycles. The summed E-state index contributed by atoms with van der Waals surface area (Å²) in [4.78, 5) is 10.9. The third-order valence-electron chi connectivity index (χ3n) is 0.888. The van der Waals surface area contributed by atoms with Crippen molar-refractivity contribution in [2.75, 3.05) is 0 Å². The van der Waals surface area contributed by atoms with E-state index in [2.05, 4.69) is 0 Å². The molecule has 0 atom stereocenters. The molecule has 0 bridgehead atoms. The largest absolute Gasteiger partial charge is 0.373 e. The molecule has 0 aliphatic carbocycles. The van der Waals surface area contributed by atoms with E-state index < -0.39 is 5.03 Å². The Balaban J connectivity index is 2.56. The zero-order chi connectivity index (χ0) is 6.69. The molecule has 9 heavy (non-hydrogen) atoms. The number of hydrogen-bond acceptors (Lipinski definition) is 2. The van der Waals surface area contributed by atoms with Crippen LogP contribution >= 0.6 is 0 Å². The van der Waals surface area contributed by atoms with E-state index in [1.165, 1.54) is 13.6 Å². The van der Waals surface area contributed by atoms with E-state index in [0.717, 1.165) is 4.92 Å². The van der Waals surface area contributed by atoms with Crippen molar-refractivity contribution >= 4 is 7.41 Å². The molecule has 1 rings (SSSR count). The topological polar surface area (TPSA) is 46.4 Å². The molecule has 0 unspecified atom stereocenters. The fourth-order valence-electron chi connectivity index (χ4n) is 0.498. The number of allylic oxidation sites excluding steroid dienone is 2. The highest BCUT2D eigenvalue weighted by Gasteiger charge is 2.10. The molecule has 1 aliphatic rings. The Hall–Kier alpha value is -1.26. The van der Waals surface area contributed by atoms with Crippen molar-refractivity contribution in [2.24, 2.45) is 0 Å². The minimum absolute atomic E-state index is 0.500. The first-order valence-corrected chi connectivity index (χ1v) is 2.41. The predicted molar refractivity (Wildman–Crippen MR) is 32.9 cm³/mol. The molecular formula is C4H4BN2O2. The molecule has 0 N–H and O–H groups in total. The van der Waals surface area contributed by atoms with Gasteiger partial charge >= 0.3 is 7.41 Å². The van der Waals surface area contributed by atoms with E-state index in [1.54, 1.807) is 18.1 Å². The van der Waals surface area contributed by atoms with Crippen LogP contribution in [0.15, 0.2) is 24.3 Å². The Bertz CT molecular complexity index is 177. The molecule has 0 fully saturated rings. The van der Waals surface area contributed by atoms with Crippen LogP contribution in [-0.2, 0) is 0 Å². The van der Waals surface area contributed by atoms with Crippen molar-refractivity contribution in [1.82, 2.24) is 4.92 Å². The lowest BCUT2D eigenvalue weighted by molar-refractivity contribution is -0.608. The summed E-state index contributed by atoms with van der Waals surface area (Å²) in [5.74, 6) is 1.60. The van der Waals surface area contributed by atoms with Gasteiger partial charge < -0.3 is 0 Å². The van der Waals surface area contributed by atoms with Gasteiger partial charge in [0.25, 0.3) is 0 Å². The second-order valence-electron chi connectivity index (χ2n) is 1.49. The number of rotatable bonds is 1. The normalized spacial score (nSPS) is 15.3. The van der Waals surface area contributed by atoms with Crippen LogP contribution in [-0.4, -0.2) is 17.4 Å². The third-order valence-corrected chi connectivity index (χ3v) is 0.888. The summed E-state index contributed by atoms with van der Waals surface area (Å²) in [7, 11) is 1.38. The maximum absolute atomic E-state index is 9.97. The van der Waals surface area contributed by atoms with Crippen molar-refractivity contribution in [3.8, 4) is 0 Å². The molecule has 0 spiro atoms. The molecule has 1 heterocycles. The summed E-state index contributed by atoms with van der Waals surface area (Å²) in [6, 6.07) is 0. The lowest BCUT2D eigenvalue weighted by Crippen LogP contribution is -2.28. The summed E-state index contributed by atoms with van der Waals surface area (Å²) in [5, 5.41) is 9.47.